The lowest BCUT2D eigenvalue weighted by atomic mass is 10.0. The largest absolute Gasteiger partial charge is 0.496 e. The summed E-state index contributed by atoms with van der Waals surface area (Å²) in [5.74, 6) is 1.64. The highest BCUT2D eigenvalue weighted by molar-refractivity contribution is 5.94. The molecule has 0 aliphatic carbocycles. The summed E-state index contributed by atoms with van der Waals surface area (Å²) in [4.78, 5) is 0. The first kappa shape index (κ1) is 12.7. The molecule has 2 rings (SSSR count). The van der Waals surface area contributed by atoms with Crippen molar-refractivity contribution in [3.8, 4) is 11.5 Å². The lowest BCUT2D eigenvalue weighted by Gasteiger charge is -2.14. The molecule has 0 spiro atoms. The van der Waals surface area contributed by atoms with Crippen LogP contribution in [0.3, 0.4) is 0 Å². The predicted octanol–water partition coefficient (Wildman–Crippen LogP) is 2.78. The molecular formula is C15H18O3. The summed E-state index contributed by atoms with van der Waals surface area (Å²) in [6.07, 6.45) is 0.193. The molecule has 0 amide bonds. The van der Waals surface area contributed by atoms with Crippen LogP contribution in [0.5, 0.6) is 11.5 Å². The predicted molar refractivity (Wildman–Crippen MR) is 72.4 cm³/mol. The molecule has 1 atom stereocenters. The molecule has 0 aliphatic heterocycles. The van der Waals surface area contributed by atoms with Crippen molar-refractivity contribution in [1.29, 1.82) is 0 Å². The Morgan fingerprint density at radius 3 is 2.44 bits per heavy atom. The van der Waals surface area contributed by atoms with Gasteiger partial charge in [-0.2, -0.15) is 0 Å². The lowest BCUT2D eigenvalue weighted by Crippen LogP contribution is -2.06. The van der Waals surface area contributed by atoms with E-state index in [4.69, 9.17) is 9.47 Å². The normalized spacial score (nSPS) is 12.4. The number of aliphatic hydroxyl groups excluding tert-OH is 1. The van der Waals surface area contributed by atoms with Gasteiger partial charge in [0.15, 0.2) is 0 Å². The first-order valence-corrected chi connectivity index (χ1v) is 5.98. The number of fused-ring (bicyclic) bond motifs is 1. The Balaban J connectivity index is 2.64. The number of rotatable bonds is 4. The van der Waals surface area contributed by atoms with E-state index >= 15 is 0 Å². The van der Waals surface area contributed by atoms with Crippen LogP contribution in [-0.2, 0) is 6.42 Å². The van der Waals surface area contributed by atoms with Crippen molar-refractivity contribution in [1.82, 2.24) is 0 Å². The van der Waals surface area contributed by atoms with E-state index in [2.05, 4.69) is 0 Å². The Labute approximate surface area is 107 Å². The van der Waals surface area contributed by atoms with Crippen molar-refractivity contribution in [2.75, 3.05) is 14.2 Å². The van der Waals surface area contributed by atoms with Gasteiger partial charge in [0.05, 0.1) is 20.3 Å². The minimum absolute atomic E-state index is 0.387. The highest BCUT2D eigenvalue weighted by Crippen LogP contribution is 2.35. The second-order valence-electron chi connectivity index (χ2n) is 4.37. The zero-order valence-electron chi connectivity index (χ0n) is 10.9. The maximum absolute atomic E-state index is 9.52. The van der Waals surface area contributed by atoms with Crippen LogP contribution in [0.4, 0.5) is 0 Å². The number of aliphatic hydroxyl groups is 1. The highest BCUT2D eigenvalue weighted by atomic mass is 16.5. The molecule has 3 heteroatoms. The van der Waals surface area contributed by atoms with Crippen LogP contribution in [-0.4, -0.2) is 25.4 Å². The van der Waals surface area contributed by atoms with Gasteiger partial charge in [-0.25, -0.2) is 0 Å². The van der Waals surface area contributed by atoms with Gasteiger partial charge in [0.1, 0.15) is 11.5 Å². The monoisotopic (exact) mass is 246 g/mol. The molecule has 2 aromatic rings. The molecule has 0 heterocycles. The topological polar surface area (TPSA) is 38.7 Å². The van der Waals surface area contributed by atoms with Crippen LogP contribution < -0.4 is 9.47 Å². The number of ether oxygens (including phenoxy) is 2. The van der Waals surface area contributed by atoms with E-state index in [0.29, 0.717) is 6.42 Å². The molecule has 18 heavy (non-hydrogen) atoms. The molecule has 1 unspecified atom stereocenters. The maximum Gasteiger partial charge on any atom is 0.130 e. The number of hydrogen-bond acceptors (Lipinski definition) is 3. The minimum atomic E-state index is -0.387. The van der Waals surface area contributed by atoms with Crippen LogP contribution in [0.15, 0.2) is 30.3 Å². The van der Waals surface area contributed by atoms with Crippen molar-refractivity contribution >= 4 is 10.8 Å². The Morgan fingerprint density at radius 2 is 1.83 bits per heavy atom. The van der Waals surface area contributed by atoms with E-state index in [1.54, 1.807) is 21.1 Å². The smallest absolute Gasteiger partial charge is 0.130 e. The first-order chi connectivity index (χ1) is 8.67. The molecule has 0 bridgehead atoms. The fraction of sp³-hybridized carbons (Fsp3) is 0.333. The molecule has 3 nitrogen and oxygen atoms in total. The molecule has 0 radical (unpaired) electrons. The summed E-state index contributed by atoms with van der Waals surface area (Å²) >= 11 is 0. The van der Waals surface area contributed by atoms with Crippen LogP contribution in [0.25, 0.3) is 10.8 Å². The molecule has 1 N–H and O–H groups in total. The second kappa shape index (κ2) is 5.27. The Morgan fingerprint density at radius 1 is 1.06 bits per heavy atom. The molecule has 0 aromatic heterocycles. The van der Waals surface area contributed by atoms with Gasteiger partial charge in [0, 0.05) is 17.2 Å². The first-order valence-electron chi connectivity index (χ1n) is 5.98. The second-order valence-corrected chi connectivity index (χ2v) is 4.37. The molecular weight excluding hydrogens is 228 g/mol. The van der Waals surface area contributed by atoms with Crippen LogP contribution >= 0.6 is 0 Å². The molecule has 2 aromatic carbocycles. The molecule has 0 saturated carbocycles. The van der Waals surface area contributed by atoms with E-state index in [9.17, 15) is 5.11 Å². The van der Waals surface area contributed by atoms with Gasteiger partial charge in [-0.3, -0.25) is 0 Å². The van der Waals surface area contributed by atoms with E-state index < -0.39 is 0 Å². The quantitative estimate of drug-likeness (QED) is 0.901. The van der Waals surface area contributed by atoms with Crippen molar-refractivity contribution < 1.29 is 14.6 Å². The van der Waals surface area contributed by atoms with Gasteiger partial charge in [-0.05, 0) is 18.6 Å². The SMILES string of the molecule is COc1cccc2c(OC)c(CC(C)O)ccc12. The lowest BCUT2D eigenvalue weighted by molar-refractivity contribution is 0.194. The number of methoxy groups -OCH3 is 2. The Hall–Kier alpha value is -1.74. The van der Waals surface area contributed by atoms with Gasteiger partial charge in [0.25, 0.3) is 0 Å². The van der Waals surface area contributed by atoms with Gasteiger partial charge < -0.3 is 14.6 Å². The maximum atomic E-state index is 9.52. The van der Waals surface area contributed by atoms with E-state index in [1.807, 2.05) is 30.3 Å². The van der Waals surface area contributed by atoms with Crippen molar-refractivity contribution in [2.45, 2.75) is 19.4 Å². The third-order valence-corrected chi connectivity index (χ3v) is 2.99. The van der Waals surface area contributed by atoms with Gasteiger partial charge in [0.2, 0.25) is 0 Å². The molecule has 0 aliphatic rings. The standard InChI is InChI=1S/C15H18O3/c1-10(16)9-11-7-8-12-13(15(11)18-3)5-4-6-14(12)17-2/h4-8,10,16H,9H2,1-3H3. The summed E-state index contributed by atoms with van der Waals surface area (Å²) < 4.78 is 10.8. The van der Waals surface area contributed by atoms with Gasteiger partial charge in [-0.1, -0.05) is 24.3 Å². The fourth-order valence-electron chi connectivity index (χ4n) is 2.24. The van der Waals surface area contributed by atoms with Crippen molar-refractivity contribution in [3.63, 3.8) is 0 Å². The summed E-state index contributed by atoms with van der Waals surface area (Å²) in [5, 5.41) is 11.5. The summed E-state index contributed by atoms with van der Waals surface area (Å²) in [6, 6.07) is 9.86. The molecule has 0 fully saturated rings. The van der Waals surface area contributed by atoms with Crippen LogP contribution in [0, 0.1) is 0 Å². The molecule has 96 valence electrons. The van der Waals surface area contributed by atoms with Gasteiger partial charge >= 0.3 is 0 Å². The zero-order valence-corrected chi connectivity index (χ0v) is 10.9. The third-order valence-electron chi connectivity index (χ3n) is 2.99. The van der Waals surface area contributed by atoms with Crippen molar-refractivity contribution in [2.24, 2.45) is 0 Å². The van der Waals surface area contributed by atoms with E-state index in [0.717, 1.165) is 27.8 Å². The average molecular weight is 246 g/mol. The van der Waals surface area contributed by atoms with Crippen LogP contribution in [0.1, 0.15) is 12.5 Å². The van der Waals surface area contributed by atoms with E-state index in [1.165, 1.54) is 0 Å². The van der Waals surface area contributed by atoms with Crippen molar-refractivity contribution in [3.05, 3.63) is 35.9 Å². The fourth-order valence-corrected chi connectivity index (χ4v) is 2.24. The third kappa shape index (κ3) is 2.27. The van der Waals surface area contributed by atoms with E-state index in [-0.39, 0.29) is 6.10 Å². The number of hydrogen-bond donors (Lipinski definition) is 1. The zero-order chi connectivity index (χ0) is 13.1. The minimum Gasteiger partial charge on any atom is -0.496 e. The Bertz CT molecular complexity index is 547. The Kier molecular flexibility index (Phi) is 3.72. The summed E-state index contributed by atoms with van der Waals surface area (Å²) in [7, 11) is 3.31. The summed E-state index contributed by atoms with van der Waals surface area (Å²) in [5.41, 5.74) is 1.01. The van der Waals surface area contributed by atoms with Gasteiger partial charge in [-0.15, -0.1) is 0 Å². The molecule has 0 saturated heterocycles. The average Bonchev–Trinajstić information content (AvgIpc) is 2.37. The summed E-state index contributed by atoms with van der Waals surface area (Å²) in [6.45, 7) is 1.77. The number of benzene rings is 2. The van der Waals surface area contributed by atoms with Crippen LogP contribution in [0.2, 0.25) is 0 Å². The highest BCUT2D eigenvalue weighted by Gasteiger charge is 2.12.